The third-order valence-electron chi connectivity index (χ3n) is 3.33. The van der Waals surface area contributed by atoms with Crippen LogP contribution in [-0.2, 0) is 0 Å². The molecule has 0 aromatic rings. The molecular formula is C18H31NS. The Kier molecular flexibility index (Phi) is 11.4. The van der Waals surface area contributed by atoms with E-state index in [1.54, 1.807) is 0 Å². The van der Waals surface area contributed by atoms with Crippen molar-refractivity contribution in [2.45, 2.75) is 47.0 Å². The van der Waals surface area contributed by atoms with E-state index in [1.807, 2.05) is 18.0 Å². The maximum Gasteiger partial charge on any atom is 0.0172 e. The van der Waals surface area contributed by atoms with Gasteiger partial charge in [-0.05, 0) is 63.1 Å². The topological polar surface area (TPSA) is 3.24 Å². The summed E-state index contributed by atoms with van der Waals surface area (Å²) in [5.41, 5.74) is 2.61. The Morgan fingerprint density at radius 1 is 1.20 bits per heavy atom. The van der Waals surface area contributed by atoms with Gasteiger partial charge in [0.15, 0.2) is 0 Å². The van der Waals surface area contributed by atoms with Crippen molar-refractivity contribution in [3.05, 3.63) is 47.6 Å². The van der Waals surface area contributed by atoms with E-state index in [0.717, 1.165) is 5.75 Å². The lowest BCUT2D eigenvalue weighted by molar-refractivity contribution is 0.469. The molecule has 1 nitrogen and oxygen atoms in total. The van der Waals surface area contributed by atoms with Gasteiger partial charge in [-0.1, -0.05) is 32.2 Å². The molecule has 0 aromatic heterocycles. The number of rotatable bonds is 6. The first kappa shape index (κ1) is 19.1. The molecule has 2 heteroatoms. The molecule has 1 heterocycles. The number of hydrogen-bond donors (Lipinski definition) is 0. The van der Waals surface area contributed by atoms with Gasteiger partial charge in [-0.15, -0.1) is 11.8 Å². The summed E-state index contributed by atoms with van der Waals surface area (Å²) in [5, 5.41) is 0. The Labute approximate surface area is 130 Å². The summed E-state index contributed by atoms with van der Waals surface area (Å²) in [4.78, 5) is 3.44. The van der Waals surface area contributed by atoms with Gasteiger partial charge in [0.25, 0.3) is 0 Å². The van der Waals surface area contributed by atoms with E-state index in [0.29, 0.717) is 0 Å². The van der Waals surface area contributed by atoms with Gasteiger partial charge in [0.1, 0.15) is 0 Å². The van der Waals surface area contributed by atoms with Gasteiger partial charge in [0, 0.05) is 18.0 Å². The second-order valence-corrected chi connectivity index (χ2v) is 6.06. The van der Waals surface area contributed by atoms with Crippen LogP contribution < -0.4 is 0 Å². The lowest BCUT2D eigenvalue weighted by Gasteiger charge is -2.09. The minimum atomic E-state index is 1.16. The predicted octanol–water partition coefficient (Wildman–Crippen LogP) is 5.78. The highest BCUT2D eigenvalue weighted by Crippen LogP contribution is 2.27. The summed E-state index contributed by atoms with van der Waals surface area (Å²) in [7, 11) is 0. The Morgan fingerprint density at radius 3 is 2.15 bits per heavy atom. The number of likely N-dealkylation sites (tertiary alicyclic amines) is 1. The molecule has 114 valence electrons. The predicted molar refractivity (Wildman–Crippen MR) is 96.1 cm³/mol. The smallest absolute Gasteiger partial charge is 0.0172 e. The average molecular weight is 294 g/mol. The van der Waals surface area contributed by atoms with Crippen LogP contribution in [0, 0.1) is 0 Å². The van der Waals surface area contributed by atoms with Gasteiger partial charge in [-0.2, -0.15) is 0 Å². The second-order valence-electron chi connectivity index (χ2n) is 4.87. The largest absolute Gasteiger partial charge is 0.378 e. The molecule has 0 bridgehead atoms. The molecule has 0 radical (unpaired) electrons. The van der Waals surface area contributed by atoms with E-state index in [1.165, 1.54) is 48.4 Å². The summed E-state index contributed by atoms with van der Waals surface area (Å²) >= 11 is 1.85. The normalized spacial score (nSPS) is 15.7. The highest BCUT2D eigenvalue weighted by atomic mass is 32.2. The fraction of sp³-hybridized carbons (Fsp3) is 0.556. The van der Waals surface area contributed by atoms with E-state index >= 15 is 0 Å². The molecular weight excluding hydrogens is 262 g/mol. The fourth-order valence-electron chi connectivity index (χ4n) is 1.99. The van der Waals surface area contributed by atoms with Gasteiger partial charge < -0.3 is 4.90 Å². The number of nitrogens with zero attached hydrogens (tertiary/aromatic N) is 1. The van der Waals surface area contributed by atoms with Crippen LogP contribution in [0.5, 0.6) is 0 Å². The van der Waals surface area contributed by atoms with Crippen molar-refractivity contribution in [1.29, 1.82) is 0 Å². The van der Waals surface area contributed by atoms with Crippen LogP contribution in [0.1, 0.15) is 47.0 Å². The maximum absolute atomic E-state index is 4.09. The minimum Gasteiger partial charge on any atom is -0.378 e. The van der Waals surface area contributed by atoms with Crippen LogP contribution in [0.4, 0.5) is 0 Å². The van der Waals surface area contributed by atoms with Gasteiger partial charge in [0.05, 0.1) is 0 Å². The van der Waals surface area contributed by atoms with E-state index in [9.17, 15) is 0 Å². The summed E-state index contributed by atoms with van der Waals surface area (Å²) < 4.78 is 0. The Morgan fingerprint density at radius 2 is 1.80 bits per heavy atom. The fourth-order valence-corrected chi connectivity index (χ4v) is 2.88. The van der Waals surface area contributed by atoms with E-state index < -0.39 is 0 Å². The molecule has 1 aliphatic heterocycles. The van der Waals surface area contributed by atoms with Crippen LogP contribution >= 0.6 is 11.8 Å². The molecule has 1 fully saturated rings. The number of hydrogen-bond acceptors (Lipinski definition) is 2. The summed E-state index contributed by atoms with van der Waals surface area (Å²) in [6.07, 6.45) is 10.1. The third kappa shape index (κ3) is 7.64. The highest BCUT2D eigenvalue weighted by Gasteiger charge is 2.04. The van der Waals surface area contributed by atoms with Gasteiger partial charge >= 0.3 is 0 Å². The molecule has 0 aliphatic carbocycles. The Balaban J connectivity index is 0.000000428. The molecule has 0 amide bonds. The van der Waals surface area contributed by atoms with Crippen molar-refractivity contribution in [3.63, 3.8) is 0 Å². The zero-order valence-electron chi connectivity index (χ0n) is 13.7. The van der Waals surface area contributed by atoms with Crippen molar-refractivity contribution in [1.82, 2.24) is 4.90 Å². The van der Waals surface area contributed by atoms with Gasteiger partial charge in [-0.3, -0.25) is 0 Å². The SMILES string of the molecule is C=C(SCCC)C(=C/C)/C(C)=C\C.C=CN1CCCC1. The average Bonchev–Trinajstić information content (AvgIpc) is 2.99. The van der Waals surface area contributed by atoms with Crippen LogP contribution in [-0.4, -0.2) is 23.7 Å². The van der Waals surface area contributed by atoms with Crippen LogP contribution in [0.3, 0.4) is 0 Å². The maximum atomic E-state index is 4.09. The molecule has 20 heavy (non-hydrogen) atoms. The molecule has 1 aliphatic rings. The molecule has 0 spiro atoms. The molecule has 1 rings (SSSR count). The Bertz CT molecular complexity index is 346. The molecule has 1 saturated heterocycles. The lowest BCUT2D eigenvalue weighted by atomic mass is 10.1. The van der Waals surface area contributed by atoms with Crippen molar-refractivity contribution < 1.29 is 0 Å². The number of thioether (sulfide) groups is 1. The zero-order chi connectivity index (χ0) is 15.4. The van der Waals surface area contributed by atoms with E-state index in [-0.39, 0.29) is 0 Å². The monoisotopic (exact) mass is 293 g/mol. The Hall–Kier alpha value is -0.890. The van der Waals surface area contributed by atoms with E-state index in [4.69, 9.17) is 0 Å². The third-order valence-corrected chi connectivity index (χ3v) is 4.51. The highest BCUT2D eigenvalue weighted by molar-refractivity contribution is 8.03. The van der Waals surface area contributed by atoms with Gasteiger partial charge in [0.2, 0.25) is 0 Å². The van der Waals surface area contributed by atoms with Crippen LogP contribution in [0.15, 0.2) is 47.6 Å². The molecule has 0 atom stereocenters. The van der Waals surface area contributed by atoms with Crippen LogP contribution in [0.25, 0.3) is 0 Å². The summed E-state index contributed by atoms with van der Waals surface area (Å²) in [5.74, 6) is 1.16. The van der Waals surface area contributed by atoms with Crippen molar-refractivity contribution >= 4 is 11.8 Å². The molecule has 0 aromatic carbocycles. The first-order valence-electron chi connectivity index (χ1n) is 7.58. The van der Waals surface area contributed by atoms with E-state index in [2.05, 4.69) is 57.9 Å². The number of allylic oxidation sites excluding steroid dienone is 4. The summed E-state index contributed by atoms with van der Waals surface area (Å²) in [6.45, 7) is 18.7. The molecule has 0 saturated carbocycles. The van der Waals surface area contributed by atoms with Gasteiger partial charge in [-0.25, -0.2) is 0 Å². The first-order chi connectivity index (χ1) is 9.60. The second kappa shape index (κ2) is 11.9. The molecule has 0 unspecified atom stereocenters. The standard InChI is InChI=1S/C12H20S.C6H11N/c1-6-9-13-11(5)12(8-3)10(4)7-2;1-2-7-5-3-4-6-7/h7-8H,5-6,9H2,1-4H3;2H,1,3-6H2/b10-7-,12-8+;. The first-order valence-corrected chi connectivity index (χ1v) is 8.57. The lowest BCUT2D eigenvalue weighted by Crippen LogP contribution is -2.08. The summed E-state index contributed by atoms with van der Waals surface area (Å²) in [6, 6.07) is 0. The minimum absolute atomic E-state index is 1.16. The van der Waals surface area contributed by atoms with Crippen molar-refractivity contribution in [2.24, 2.45) is 0 Å². The van der Waals surface area contributed by atoms with Crippen molar-refractivity contribution in [2.75, 3.05) is 18.8 Å². The van der Waals surface area contributed by atoms with Crippen molar-refractivity contribution in [3.8, 4) is 0 Å². The zero-order valence-corrected chi connectivity index (χ0v) is 14.6. The quantitative estimate of drug-likeness (QED) is 0.571. The van der Waals surface area contributed by atoms with Crippen LogP contribution in [0.2, 0.25) is 0 Å². The molecule has 0 N–H and O–H groups in total.